The van der Waals surface area contributed by atoms with Crippen molar-refractivity contribution in [1.82, 2.24) is 10.6 Å². The molecule has 0 aliphatic heterocycles. The van der Waals surface area contributed by atoms with Crippen molar-refractivity contribution in [3.8, 4) is 0 Å². The Hall–Kier alpha value is -1.88. The summed E-state index contributed by atoms with van der Waals surface area (Å²) in [6.45, 7) is 0.631. The second kappa shape index (κ2) is 12.6. The molecule has 28 heavy (non-hydrogen) atoms. The van der Waals surface area contributed by atoms with Gasteiger partial charge in [0.05, 0.1) is 49.3 Å². The van der Waals surface area contributed by atoms with E-state index >= 15 is 0 Å². The van der Waals surface area contributed by atoms with E-state index in [9.17, 15) is 19.8 Å². The van der Waals surface area contributed by atoms with Crippen molar-refractivity contribution in [2.24, 2.45) is 0 Å². The highest BCUT2D eigenvalue weighted by Crippen LogP contribution is 2.11. The molecule has 0 bridgehead atoms. The zero-order valence-electron chi connectivity index (χ0n) is 15.2. The molecule has 10 heteroatoms. The van der Waals surface area contributed by atoms with Crippen molar-refractivity contribution in [1.29, 1.82) is 0 Å². The lowest BCUT2D eigenvalue weighted by Crippen LogP contribution is -2.32. The third-order valence-corrected chi connectivity index (χ3v) is 5.65. The minimum absolute atomic E-state index is 0.173. The van der Waals surface area contributed by atoms with Crippen molar-refractivity contribution < 1.29 is 28.6 Å². The van der Waals surface area contributed by atoms with Gasteiger partial charge in [0.25, 0.3) is 0 Å². The molecule has 0 spiro atoms. The molecule has 2 heterocycles. The standard InChI is InChI=1S/C18H24N2O6S2/c21-15(9-27-11-17(23)19-7-13-3-1-5-25-13)16(22)10-28-12-18(24)20-8-14-4-2-6-26-14/h1-6,15-16,21-22H,7-12H2,(H,19,23)(H,20,24)/t15-,16-/m1/s1. The third kappa shape index (κ3) is 8.87. The number of aliphatic hydroxyl groups excluding tert-OH is 2. The summed E-state index contributed by atoms with van der Waals surface area (Å²) < 4.78 is 10.2. The number of carbonyl (C=O) groups is 2. The number of aliphatic hydroxyl groups is 2. The Morgan fingerprint density at radius 3 is 1.64 bits per heavy atom. The summed E-state index contributed by atoms with van der Waals surface area (Å²) >= 11 is 2.46. The number of thioether (sulfide) groups is 2. The molecule has 0 unspecified atom stereocenters. The van der Waals surface area contributed by atoms with Crippen LogP contribution in [0.4, 0.5) is 0 Å². The molecular formula is C18H24N2O6S2. The Balaban J connectivity index is 1.50. The minimum Gasteiger partial charge on any atom is -0.467 e. The second-order valence-electron chi connectivity index (χ2n) is 5.88. The number of carbonyl (C=O) groups excluding carboxylic acids is 2. The average Bonchev–Trinajstić information content (AvgIpc) is 3.38. The number of amides is 2. The van der Waals surface area contributed by atoms with Crippen LogP contribution < -0.4 is 10.6 Å². The first-order valence-electron chi connectivity index (χ1n) is 8.64. The fourth-order valence-electron chi connectivity index (χ4n) is 2.07. The molecule has 2 amide bonds. The first kappa shape index (κ1) is 22.4. The van der Waals surface area contributed by atoms with Gasteiger partial charge in [-0.05, 0) is 24.3 Å². The van der Waals surface area contributed by atoms with Crippen molar-refractivity contribution in [2.45, 2.75) is 25.3 Å². The molecule has 0 aromatic carbocycles. The molecule has 2 aromatic rings. The van der Waals surface area contributed by atoms with Gasteiger partial charge in [0.1, 0.15) is 11.5 Å². The Bertz CT molecular complexity index is 633. The van der Waals surface area contributed by atoms with Gasteiger partial charge in [-0.2, -0.15) is 0 Å². The van der Waals surface area contributed by atoms with E-state index in [1.807, 2.05) is 0 Å². The van der Waals surface area contributed by atoms with Crippen LogP contribution in [-0.2, 0) is 22.7 Å². The Morgan fingerprint density at radius 1 is 0.857 bits per heavy atom. The van der Waals surface area contributed by atoms with Gasteiger partial charge in [0.15, 0.2) is 0 Å². The Kier molecular flexibility index (Phi) is 10.0. The van der Waals surface area contributed by atoms with Gasteiger partial charge in [0.2, 0.25) is 11.8 Å². The number of hydrogen-bond acceptors (Lipinski definition) is 8. The highest BCUT2D eigenvalue weighted by Gasteiger charge is 2.17. The normalized spacial score (nSPS) is 13.1. The molecule has 2 rings (SSSR count). The van der Waals surface area contributed by atoms with Gasteiger partial charge >= 0.3 is 0 Å². The van der Waals surface area contributed by atoms with E-state index in [0.717, 1.165) is 0 Å². The van der Waals surface area contributed by atoms with E-state index in [4.69, 9.17) is 8.83 Å². The largest absolute Gasteiger partial charge is 0.467 e. The van der Waals surface area contributed by atoms with E-state index in [1.54, 1.807) is 24.3 Å². The minimum atomic E-state index is -0.971. The van der Waals surface area contributed by atoms with Gasteiger partial charge in [-0.15, -0.1) is 23.5 Å². The van der Waals surface area contributed by atoms with E-state index in [1.165, 1.54) is 36.1 Å². The number of hydrogen-bond donors (Lipinski definition) is 4. The molecule has 0 radical (unpaired) electrons. The Labute approximate surface area is 171 Å². The molecule has 0 saturated heterocycles. The van der Waals surface area contributed by atoms with Crippen LogP contribution in [0.3, 0.4) is 0 Å². The molecule has 0 fully saturated rings. The molecule has 4 N–H and O–H groups in total. The third-order valence-electron chi connectivity index (χ3n) is 3.57. The highest BCUT2D eigenvalue weighted by molar-refractivity contribution is 8.00. The van der Waals surface area contributed by atoms with Gasteiger partial charge in [-0.25, -0.2) is 0 Å². The summed E-state index contributed by atoms with van der Waals surface area (Å²) in [6, 6.07) is 7.02. The van der Waals surface area contributed by atoms with Crippen LogP contribution in [0.15, 0.2) is 45.6 Å². The van der Waals surface area contributed by atoms with Crippen LogP contribution >= 0.6 is 23.5 Å². The lowest BCUT2D eigenvalue weighted by atomic mass is 10.3. The van der Waals surface area contributed by atoms with Crippen molar-refractivity contribution in [3.05, 3.63) is 48.3 Å². The van der Waals surface area contributed by atoms with E-state index in [0.29, 0.717) is 24.6 Å². The van der Waals surface area contributed by atoms with Gasteiger partial charge in [-0.3, -0.25) is 9.59 Å². The van der Waals surface area contributed by atoms with E-state index in [-0.39, 0.29) is 34.8 Å². The van der Waals surface area contributed by atoms with Crippen molar-refractivity contribution in [2.75, 3.05) is 23.0 Å². The lowest BCUT2D eigenvalue weighted by Gasteiger charge is -2.17. The molecular weight excluding hydrogens is 404 g/mol. The highest BCUT2D eigenvalue weighted by atomic mass is 32.2. The topological polar surface area (TPSA) is 125 Å². The summed E-state index contributed by atoms with van der Waals surface area (Å²) in [5, 5.41) is 25.3. The second-order valence-corrected chi connectivity index (χ2v) is 7.94. The number of rotatable bonds is 13. The first-order valence-corrected chi connectivity index (χ1v) is 11.0. The number of furan rings is 2. The van der Waals surface area contributed by atoms with Crippen LogP contribution in [-0.4, -0.2) is 57.2 Å². The fraction of sp³-hybridized carbons (Fsp3) is 0.444. The van der Waals surface area contributed by atoms with Crippen molar-refractivity contribution in [3.63, 3.8) is 0 Å². The molecule has 2 atom stereocenters. The summed E-state index contributed by atoms with van der Waals surface area (Å²) in [7, 11) is 0. The molecule has 154 valence electrons. The SMILES string of the molecule is O=C(CSC[C@@H](O)[C@H](O)CSCC(=O)NCc1ccco1)NCc1ccco1. The van der Waals surface area contributed by atoms with Gasteiger partial charge in [-0.1, -0.05) is 0 Å². The van der Waals surface area contributed by atoms with E-state index < -0.39 is 12.2 Å². The fourth-order valence-corrected chi connectivity index (χ4v) is 3.80. The summed E-state index contributed by atoms with van der Waals surface area (Å²) in [5.41, 5.74) is 0. The van der Waals surface area contributed by atoms with Crippen LogP contribution in [0.1, 0.15) is 11.5 Å². The molecule has 8 nitrogen and oxygen atoms in total. The monoisotopic (exact) mass is 428 g/mol. The average molecular weight is 429 g/mol. The summed E-state index contributed by atoms with van der Waals surface area (Å²) in [4.78, 5) is 23.4. The maximum absolute atomic E-state index is 11.7. The molecule has 0 aliphatic carbocycles. The summed E-state index contributed by atoms with van der Waals surface area (Å²) in [5.74, 6) is 1.77. The Morgan fingerprint density at radius 2 is 1.29 bits per heavy atom. The maximum atomic E-state index is 11.7. The van der Waals surface area contributed by atoms with Crippen LogP contribution in [0, 0.1) is 0 Å². The maximum Gasteiger partial charge on any atom is 0.230 e. The van der Waals surface area contributed by atoms with Crippen LogP contribution in [0.2, 0.25) is 0 Å². The predicted molar refractivity (Wildman–Crippen MR) is 108 cm³/mol. The lowest BCUT2D eigenvalue weighted by molar-refractivity contribution is -0.119. The smallest absolute Gasteiger partial charge is 0.230 e. The summed E-state index contributed by atoms with van der Waals surface area (Å²) in [6.07, 6.45) is 1.13. The molecule has 0 aliphatic rings. The molecule has 0 saturated carbocycles. The zero-order valence-corrected chi connectivity index (χ0v) is 16.8. The van der Waals surface area contributed by atoms with Gasteiger partial charge < -0.3 is 29.7 Å². The quantitative estimate of drug-likeness (QED) is 0.372. The first-order chi connectivity index (χ1) is 13.5. The zero-order chi connectivity index (χ0) is 20.2. The molecule has 2 aromatic heterocycles. The predicted octanol–water partition coefficient (Wildman–Crippen LogP) is 0.993. The number of nitrogens with one attached hydrogen (secondary N) is 2. The van der Waals surface area contributed by atoms with E-state index in [2.05, 4.69) is 10.6 Å². The van der Waals surface area contributed by atoms with Crippen molar-refractivity contribution >= 4 is 35.3 Å². The van der Waals surface area contributed by atoms with Crippen LogP contribution in [0.25, 0.3) is 0 Å². The van der Waals surface area contributed by atoms with Crippen LogP contribution in [0.5, 0.6) is 0 Å². The van der Waals surface area contributed by atoms with Gasteiger partial charge in [0, 0.05) is 11.5 Å².